The third-order valence-electron chi connectivity index (χ3n) is 0.687. The Balaban J connectivity index is 4.43. The van der Waals surface area contributed by atoms with Gasteiger partial charge in [-0.05, 0) is 0 Å². The van der Waals surface area contributed by atoms with Crippen molar-refractivity contribution in [1.29, 1.82) is 0 Å². The van der Waals surface area contributed by atoms with Gasteiger partial charge in [0.1, 0.15) is 0 Å². The summed E-state index contributed by atoms with van der Waals surface area (Å²) in [5.74, 6) is 0. The Bertz CT molecular complexity index is 209. The molecule has 0 aliphatic rings. The van der Waals surface area contributed by atoms with Crippen molar-refractivity contribution in [3.05, 3.63) is 0 Å². The fourth-order valence-corrected chi connectivity index (χ4v) is 1.04. The van der Waals surface area contributed by atoms with E-state index >= 15 is 0 Å². The molecule has 0 aromatic carbocycles. The molecular weight excluding hydrogens is 165 g/mol. The van der Waals surface area contributed by atoms with E-state index < -0.39 is 21.1 Å². The highest BCUT2D eigenvalue weighted by molar-refractivity contribution is 8.15. The van der Waals surface area contributed by atoms with E-state index in [1.54, 1.807) is 0 Å². The summed E-state index contributed by atoms with van der Waals surface area (Å²) in [6.45, 7) is 0. The summed E-state index contributed by atoms with van der Waals surface area (Å²) < 4.78 is 39.2. The molecule has 5 nitrogen and oxygen atoms in total. The largest absolute Gasteiger partial charge is 0.293 e. The number of hydrogen-bond donors (Lipinski definition) is 1. The first kappa shape index (κ1) is 9.08. The first-order valence-corrected chi connectivity index (χ1v) is 4.82. The van der Waals surface area contributed by atoms with Crippen LogP contribution in [0.3, 0.4) is 0 Å². The van der Waals surface area contributed by atoms with Gasteiger partial charge >= 0.3 is 0 Å². The quantitative estimate of drug-likeness (QED) is 0.382. The maximum Gasteiger partial charge on any atom is 0.277 e. The molecule has 0 amide bonds. The lowest BCUT2D eigenvalue weighted by Gasteiger charge is -2.06. The van der Waals surface area contributed by atoms with Crippen molar-refractivity contribution in [2.24, 2.45) is 0 Å². The van der Waals surface area contributed by atoms with E-state index in [0.29, 0.717) is 3.71 Å². The van der Waals surface area contributed by atoms with E-state index in [1.165, 1.54) is 0 Å². The van der Waals surface area contributed by atoms with E-state index in [-0.39, 0.29) is 0 Å². The molecule has 8 heteroatoms. The van der Waals surface area contributed by atoms with Gasteiger partial charge in [-0.25, -0.2) is 12.6 Å². The van der Waals surface area contributed by atoms with E-state index in [4.69, 9.17) is 4.55 Å². The van der Waals surface area contributed by atoms with Gasteiger partial charge in [-0.15, -0.1) is 3.71 Å². The number of nitrogens with zero attached hydrogens (tertiary/aromatic N) is 1. The third-order valence-corrected chi connectivity index (χ3v) is 3.26. The van der Waals surface area contributed by atoms with Gasteiger partial charge in [0.05, 0.1) is 0 Å². The highest BCUT2D eigenvalue weighted by atomic mass is 32.3. The molecule has 0 spiro atoms. The first-order chi connectivity index (χ1) is 3.85. The van der Waals surface area contributed by atoms with Crippen LogP contribution < -0.4 is 0 Å². The van der Waals surface area contributed by atoms with Crippen molar-refractivity contribution in [2.45, 2.75) is 0 Å². The first-order valence-electron chi connectivity index (χ1n) is 1.90. The lowest BCUT2D eigenvalue weighted by molar-refractivity contribution is 0.511. The summed E-state index contributed by atoms with van der Waals surface area (Å²) >= 11 is -2.43. The number of hydrogen-bond acceptors (Lipinski definition) is 3. The average Bonchev–Trinajstić information content (AvgIpc) is 1.62. The molecule has 0 aromatic heterocycles. The molecule has 0 fully saturated rings. The predicted octanol–water partition coefficient (Wildman–Crippen LogP) is -2.07. The second-order valence-corrected chi connectivity index (χ2v) is 4.66. The molecule has 9 heavy (non-hydrogen) atoms. The molecule has 0 bridgehead atoms. The second kappa shape index (κ2) is 2.78. The molecule has 1 N–H and O–H groups in total. The van der Waals surface area contributed by atoms with Crippen LogP contribution in [-0.4, -0.2) is 35.1 Å². The van der Waals surface area contributed by atoms with Gasteiger partial charge in [-0.1, -0.05) is 0 Å². The van der Waals surface area contributed by atoms with Crippen LogP contribution in [0.5, 0.6) is 0 Å². The van der Waals surface area contributed by atoms with Crippen LogP contribution in [0.15, 0.2) is 0 Å². The lowest BCUT2D eigenvalue weighted by Crippen LogP contribution is -2.27. The average molecular weight is 171 g/mol. The molecule has 0 saturated carbocycles. The van der Waals surface area contributed by atoms with Crippen molar-refractivity contribution in [3.63, 3.8) is 0 Å². The zero-order valence-electron chi connectivity index (χ0n) is 4.94. The van der Waals surface area contributed by atoms with Crippen LogP contribution in [0.25, 0.3) is 0 Å². The van der Waals surface area contributed by atoms with Gasteiger partial charge in [-0.2, -0.15) is 0 Å². The monoisotopic (exact) mass is 171 g/mol. The standard InChI is InChI=1S/CH6BNO4S2/c1-3(8(4)5)9(2,6)7/h2H2,1H3,(H,4,5). The van der Waals surface area contributed by atoms with Crippen LogP contribution >= 0.6 is 0 Å². The minimum atomic E-state index is -3.52. The van der Waals surface area contributed by atoms with Crippen molar-refractivity contribution in [1.82, 2.24) is 3.71 Å². The van der Waals surface area contributed by atoms with Gasteiger partial charge < -0.3 is 0 Å². The molecule has 0 aromatic rings. The van der Waals surface area contributed by atoms with E-state index in [9.17, 15) is 12.6 Å². The SMILES string of the molecule is BS(=O)(=O)N(C)S(=O)O. The molecular formula is CH6BNO4S2. The van der Waals surface area contributed by atoms with Crippen LogP contribution in [0.4, 0.5) is 0 Å². The molecule has 0 saturated heterocycles. The van der Waals surface area contributed by atoms with Gasteiger partial charge in [-0.3, -0.25) is 4.55 Å². The molecule has 1 atom stereocenters. The Morgan fingerprint density at radius 1 is 1.67 bits per heavy atom. The van der Waals surface area contributed by atoms with Crippen molar-refractivity contribution >= 4 is 28.3 Å². The highest BCUT2D eigenvalue weighted by Crippen LogP contribution is 1.92. The fraction of sp³-hybridized carbons (Fsp3) is 1.00. The summed E-state index contributed by atoms with van der Waals surface area (Å²) in [5.41, 5.74) is 0. The number of rotatable bonds is 2. The Kier molecular flexibility index (Phi) is 2.81. The molecule has 54 valence electrons. The van der Waals surface area contributed by atoms with Crippen molar-refractivity contribution in [3.8, 4) is 0 Å². The summed E-state index contributed by atoms with van der Waals surface area (Å²) in [6.07, 6.45) is 0. The fourth-order valence-electron chi connectivity index (χ4n) is 0.116. The summed E-state index contributed by atoms with van der Waals surface area (Å²) in [6, 6.07) is 0. The van der Waals surface area contributed by atoms with Crippen molar-refractivity contribution < 1.29 is 17.2 Å². The minimum absolute atomic E-state index is 0.354. The van der Waals surface area contributed by atoms with E-state index in [0.717, 1.165) is 14.2 Å². The topological polar surface area (TPSA) is 74.7 Å². The van der Waals surface area contributed by atoms with E-state index in [2.05, 4.69) is 0 Å². The lowest BCUT2D eigenvalue weighted by atomic mass is 10.8. The minimum Gasteiger partial charge on any atom is -0.293 e. The molecule has 0 heterocycles. The van der Waals surface area contributed by atoms with Crippen LogP contribution in [0.2, 0.25) is 0 Å². The normalized spacial score (nSPS) is 15.9. The predicted molar refractivity (Wildman–Crippen MR) is 36.0 cm³/mol. The summed E-state index contributed by atoms with van der Waals surface area (Å²) in [4.78, 5) is 0. The Hall–Kier alpha value is 0.0849. The van der Waals surface area contributed by atoms with Gasteiger partial charge in [0.2, 0.25) is 11.3 Å². The summed E-state index contributed by atoms with van der Waals surface area (Å²) in [5, 5.41) is 0. The Morgan fingerprint density at radius 3 is 2.00 bits per heavy atom. The van der Waals surface area contributed by atoms with Crippen LogP contribution in [-0.2, 0) is 21.1 Å². The molecule has 1 unspecified atom stereocenters. The summed E-state index contributed by atoms with van der Waals surface area (Å²) in [7, 11) is -1.65. The molecule has 0 aliphatic carbocycles. The van der Waals surface area contributed by atoms with E-state index in [1.807, 2.05) is 0 Å². The highest BCUT2D eigenvalue weighted by Gasteiger charge is 2.14. The molecule has 0 aliphatic heterocycles. The third kappa shape index (κ3) is 2.94. The van der Waals surface area contributed by atoms with Gasteiger partial charge in [0.15, 0.2) is 9.87 Å². The Morgan fingerprint density at radius 2 is 2.00 bits per heavy atom. The zero-order chi connectivity index (χ0) is 7.65. The Labute approximate surface area is 56.8 Å². The molecule has 0 rings (SSSR count). The zero-order valence-corrected chi connectivity index (χ0v) is 6.57. The van der Waals surface area contributed by atoms with Gasteiger partial charge in [0, 0.05) is 7.05 Å². The van der Waals surface area contributed by atoms with Crippen LogP contribution in [0, 0.1) is 0 Å². The maximum atomic E-state index is 10.3. The van der Waals surface area contributed by atoms with Crippen LogP contribution in [0.1, 0.15) is 0 Å². The second-order valence-electron chi connectivity index (χ2n) is 1.40. The maximum absolute atomic E-state index is 10.3. The van der Waals surface area contributed by atoms with Gasteiger partial charge in [0.25, 0.3) is 7.12 Å². The van der Waals surface area contributed by atoms with Crippen molar-refractivity contribution in [2.75, 3.05) is 7.05 Å². The molecule has 0 radical (unpaired) electrons. The smallest absolute Gasteiger partial charge is 0.277 e.